The second-order valence-electron chi connectivity index (χ2n) is 7.80. The number of hydrazine groups is 1. The molecule has 1 fully saturated rings. The number of anilines is 1. The predicted molar refractivity (Wildman–Crippen MR) is 122 cm³/mol. The molecule has 0 spiro atoms. The molecule has 0 unspecified atom stereocenters. The summed E-state index contributed by atoms with van der Waals surface area (Å²) in [6.07, 6.45) is 6.04. The smallest absolute Gasteiger partial charge is 0.269 e. The van der Waals surface area contributed by atoms with Crippen molar-refractivity contribution in [2.24, 2.45) is 5.92 Å². The Morgan fingerprint density at radius 3 is 2.22 bits per heavy atom. The summed E-state index contributed by atoms with van der Waals surface area (Å²) in [6, 6.07) is 12.1. The molecule has 2 aromatic carbocycles. The fraction of sp³-hybridized carbons (Fsp3) is 0.391. The van der Waals surface area contributed by atoms with Gasteiger partial charge in [0.05, 0.1) is 11.5 Å². The molecule has 0 saturated heterocycles. The quantitative estimate of drug-likeness (QED) is 0.522. The zero-order chi connectivity index (χ0) is 23.0. The third kappa shape index (κ3) is 6.71. The first-order chi connectivity index (χ1) is 15.4. The standard InChI is InChI=1S/C23H29N3O5S/c1-2-31-20-12-14-21(15-13-20)32(29,30)26-19-10-8-18(9-11-19)23(28)25-24-22(27)16-17-6-4-3-5-7-17/h8-15,17,26H,2-7,16H2,1H3,(H,24,27)(H,25,28). The van der Waals surface area contributed by atoms with E-state index in [4.69, 9.17) is 4.74 Å². The Kier molecular flexibility index (Phi) is 8.10. The Morgan fingerprint density at radius 2 is 1.59 bits per heavy atom. The van der Waals surface area contributed by atoms with E-state index in [0.29, 0.717) is 35.9 Å². The van der Waals surface area contributed by atoms with Gasteiger partial charge in [0.25, 0.3) is 15.9 Å². The molecule has 1 saturated carbocycles. The van der Waals surface area contributed by atoms with Crippen molar-refractivity contribution in [3.63, 3.8) is 0 Å². The van der Waals surface area contributed by atoms with Crippen LogP contribution in [0.2, 0.25) is 0 Å². The number of sulfonamides is 1. The largest absolute Gasteiger partial charge is 0.494 e. The van der Waals surface area contributed by atoms with Crippen LogP contribution in [0.5, 0.6) is 5.75 Å². The molecule has 3 rings (SSSR count). The van der Waals surface area contributed by atoms with Gasteiger partial charge in [-0.25, -0.2) is 8.42 Å². The molecule has 0 radical (unpaired) electrons. The maximum absolute atomic E-state index is 12.6. The predicted octanol–water partition coefficient (Wildman–Crippen LogP) is 3.62. The van der Waals surface area contributed by atoms with E-state index in [1.807, 2.05) is 6.92 Å². The summed E-state index contributed by atoms with van der Waals surface area (Å²) in [7, 11) is -3.78. The molecular formula is C23H29N3O5S. The molecule has 8 nitrogen and oxygen atoms in total. The molecule has 1 aliphatic carbocycles. The van der Waals surface area contributed by atoms with Gasteiger partial charge in [0.15, 0.2) is 0 Å². The zero-order valence-corrected chi connectivity index (χ0v) is 18.9. The Morgan fingerprint density at radius 1 is 0.938 bits per heavy atom. The van der Waals surface area contributed by atoms with Gasteiger partial charge in [0.1, 0.15) is 5.75 Å². The highest BCUT2D eigenvalue weighted by Crippen LogP contribution is 2.26. The first kappa shape index (κ1) is 23.6. The lowest BCUT2D eigenvalue weighted by molar-refractivity contribution is -0.123. The molecule has 1 aliphatic rings. The second-order valence-corrected chi connectivity index (χ2v) is 9.48. The van der Waals surface area contributed by atoms with Crippen molar-refractivity contribution in [1.29, 1.82) is 0 Å². The number of hydrogen-bond donors (Lipinski definition) is 3. The number of hydrogen-bond acceptors (Lipinski definition) is 5. The van der Waals surface area contributed by atoms with Crippen molar-refractivity contribution in [1.82, 2.24) is 10.9 Å². The van der Waals surface area contributed by atoms with E-state index >= 15 is 0 Å². The SMILES string of the molecule is CCOc1ccc(S(=O)(=O)Nc2ccc(C(=O)NNC(=O)CC3CCCCC3)cc2)cc1. The average molecular weight is 460 g/mol. The first-order valence-corrected chi connectivity index (χ1v) is 12.3. The van der Waals surface area contributed by atoms with Crippen molar-refractivity contribution in [2.45, 2.75) is 50.3 Å². The molecular weight excluding hydrogens is 430 g/mol. The van der Waals surface area contributed by atoms with Gasteiger partial charge in [-0.05, 0) is 74.2 Å². The van der Waals surface area contributed by atoms with Crippen molar-refractivity contribution in [2.75, 3.05) is 11.3 Å². The lowest BCUT2D eigenvalue weighted by Crippen LogP contribution is -2.42. The van der Waals surface area contributed by atoms with Crippen molar-refractivity contribution < 1.29 is 22.7 Å². The number of carbonyl (C=O) groups is 2. The number of benzene rings is 2. The Balaban J connectivity index is 1.52. The minimum Gasteiger partial charge on any atom is -0.494 e. The van der Waals surface area contributed by atoms with Crippen LogP contribution in [0.25, 0.3) is 0 Å². The van der Waals surface area contributed by atoms with E-state index in [9.17, 15) is 18.0 Å². The Hall–Kier alpha value is -3.07. The number of carbonyl (C=O) groups excluding carboxylic acids is 2. The van der Waals surface area contributed by atoms with Crippen LogP contribution in [0.1, 0.15) is 55.8 Å². The lowest BCUT2D eigenvalue weighted by atomic mass is 9.87. The monoisotopic (exact) mass is 459 g/mol. The summed E-state index contributed by atoms with van der Waals surface area (Å²) in [5.74, 6) is 0.295. The minimum atomic E-state index is -3.78. The summed E-state index contributed by atoms with van der Waals surface area (Å²) in [6.45, 7) is 2.34. The molecule has 0 aliphatic heterocycles. The van der Waals surface area contributed by atoms with Crippen molar-refractivity contribution >= 4 is 27.5 Å². The highest BCUT2D eigenvalue weighted by atomic mass is 32.2. The molecule has 2 aromatic rings. The number of ether oxygens (including phenoxy) is 1. The van der Waals surface area contributed by atoms with Crippen LogP contribution in [0.3, 0.4) is 0 Å². The summed E-state index contributed by atoms with van der Waals surface area (Å²) < 4.78 is 32.9. The molecule has 0 bridgehead atoms. The van der Waals surface area contributed by atoms with Gasteiger partial charge in [-0.2, -0.15) is 0 Å². The van der Waals surface area contributed by atoms with Gasteiger partial charge < -0.3 is 4.74 Å². The summed E-state index contributed by atoms with van der Waals surface area (Å²) in [4.78, 5) is 24.4. The third-order valence-corrected chi connectivity index (χ3v) is 6.76. The van der Waals surface area contributed by atoms with E-state index < -0.39 is 15.9 Å². The molecule has 0 aromatic heterocycles. The topological polar surface area (TPSA) is 114 Å². The zero-order valence-electron chi connectivity index (χ0n) is 18.1. The van der Waals surface area contributed by atoms with E-state index in [1.54, 1.807) is 12.1 Å². The van der Waals surface area contributed by atoms with E-state index in [2.05, 4.69) is 15.6 Å². The normalized spacial score (nSPS) is 14.4. The van der Waals surface area contributed by atoms with Gasteiger partial charge in [0.2, 0.25) is 5.91 Å². The van der Waals surface area contributed by atoms with Crippen LogP contribution in [0.15, 0.2) is 53.4 Å². The van der Waals surface area contributed by atoms with Gasteiger partial charge in [0, 0.05) is 17.7 Å². The first-order valence-electron chi connectivity index (χ1n) is 10.8. The lowest BCUT2D eigenvalue weighted by Gasteiger charge is -2.20. The van der Waals surface area contributed by atoms with Crippen LogP contribution in [-0.4, -0.2) is 26.8 Å². The van der Waals surface area contributed by atoms with Gasteiger partial charge >= 0.3 is 0 Å². The van der Waals surface area contributed by atoms with E-state index in [-0.39, 0.29) is 10.8 Å². The van der Waals surface area contributed by atoms with Crippen LogP contribution in [-0.2, 0) is 14.8 Å². The van der Waals surface area contributed by atoms with Crippen LogP contribution in [0.4, 0.5) is 5.69 Å². The van der Waals surface area contributed by atoms with E-state index in [1.165, 1.54) is 42.8 Å². The molecule has 2 amide bonds. The van der Waals surface area contributed by atoms with E-state index in [0.717, 1.165) is 25.7 Å². The molecule has 3 N–H and O–H groups in total. The summed E-state index contributed by atoms with van der Waals surface area (Å²) in [5.41, 5.74) is 5.48. The summed E-state index contributed by atoms with van der Waals surface area (Å²) in [5, 5.41) is 0. The van der Waals surface area contributed by atoms with Crippen LogP contribution < -0.4 is 20.3 Å². The minimum absolute atomic E-state index is 0.100. The fourth-order valence-corrected chi connectivity index (χ4v) is 4.75. The molecule has 0 heterocycles. The van der Waals surface area contributed by atoms with Crippen molar-refractivity contribution in [3.8, 4) is 5.75 Å². The second kappa shape index (κ2) is 11.0. The highest BCUT2D eigenvalue weighted by molar-refractivity contribution is 7.92. The molecule has 9 heteroatoms. The van der Waals surface area contributed by atoms with Gasteiger partial charge in [-0.15, -0.1) is 0 Å². The summed E-state index contributed by atoms with van der Waals surface area (Å²) >= 11 is 0. The van der Waals surface area contributed by atoms with Gasteiger partial charge in [-0.1, -0.05) is 19.3 Å². The fourth-order valence-electron chi connectivity index (χ4n) is 3.69. The van der Waals surface area contributed by atoms with Gasteiger partial charge in [-0.3, -0.25) is 25.2 Å². The average Bonchev–Trinajstić information content (AvgIpc) is 2.79. The Labute approximate surface area is 188 Å². The number of nitrogens with one attached hydrogen (secondary N) is 3. The molecule has 32 heavy (non-hydrogen) atoms. The maximum Gasteiger partial charge on any atom is 0.269 e. The third-order valence-electron chi connectivity index (χ3n) is 5.36. The molecule has 172 valence electrons. The number of rotatable bonds is 8. The Bertz CT molecular complexity index is 1010. The highest BCUT2D eigenvalue weighted by Gasteiger charge is 2.18. The van der Waals surface area contributed by atoms with Crippen LogP contribution >= 0.6 is 0 Å². The van der Waals surface area contributed by atoms with Crippen LogP contribution in [0, 0.1) is 5.92 Å². The van der Waals surface area contributed by atoms with Crippen molar-refractivity contribution in [3.05, 3.63) is 54.1 Å². The number of amides is 2. The maximum atomic E-state index is 12.6. The molecule has 0 atom stereocenters.